The highest BCUT2D eigenvalue weighted by Crippen LogP contribution is 2.38. The lowest BCUT2D eigenvalue weighted by molar-refractivity contribution is -0.870. The molecule has 0 saturated heterocycles. The summed E-state index contributed by atoms with van der Waals surface area (Å²) in [5.41, 5.74) is 0. The van der Waals surface area contributed by atoms with Crippen molar-refractivity contribution in [3.8, 4) is 0 Å². The van der Waals surface area contributed by atoms with Gasteiger partial charge in [-0.15, -0.1) is 0 Å². The summed E-state index contributed by atoms with van der Waals surface area (Å²) >= 11 is 0. The van der Waals surface area contributed by atoms with Crippen molar-refractivity contribution < 1.29 is 32.9 Å². The van der Waals surface area contributed by atoms with E-state index in [1.165, 1.54) is 244 Å². The Morgan fingerprint density at radius 1 is 0.387 bits per heavy atom. The number of quaternary nitrogens is 1. The number of amides is 1. The van der Waals surface area contributed by atoms with Crippen molar-refractivity contribution in [2.75, 3.05) is 40.9 Å². The second-order valence-electron chi connectivity index (χ2n) is 27.7. The van der Waals surface area contributed by atoms with E-state index in [1.54, 1.807) is 6.08 Å². The van der Waals surface area contributed by atoms with Crippen LogP contribution in [0.2, 0.25) is 0 Å². The average Bonchev–Trinajstić information content (AvgIpc) is 1.94. The van der Waals surface area contributed by atoms with Crippen molar-refractivity contribution in [2.24, 2.45) is 0 Å². The first kappa shape index (κ1) is 89.9. The predicted molar refractivity (Wildman–Crippen MR) is 408 cm³/mol. The molecule has 0 spiro atoms. The zero-order valence-corrected chi connectivity index (χ0v) is 62.6. The van der Waals surface area contributed by atoms with Gasteiger partial charge in [0.25, 0.3) is 7.82 Å². The lowest BCUT2D eigenvalue weighted by atomic mass is 10.0. The number of nitrogens with zero attached hydrogens (tertiary/aromatic N) is 1. The van der Waals surface area contributed by atoms with Crippen LogP contribution in [0.15, 0.2) is 122 Å². The largest absolute Gasteiger partial charge is 0.756 e. The molecule has 93 heavy (non-hydrogen) atoms. The van der Waals surface area contributed by atoms with E-state index >= 15 is 0 Å². The van der Waals surface area contributed by atoms with Gasteiger partial charge in [-0.3, -0.25) is 9.36 Å². The maximum Gasteiger partial charge on any atom is 0.268 e. The Hall–Kier alpha value is -3.10. The zero-order valence-electron chi connectivity index (χ0n) is 61.7. The Balaban J connectivity index is 4.06. The van der Waals surface area contributed by atoms with Gasteiger partial charge in [0.1, 0.15) is 13.2 Å². The van der Waals surface area contributed by atoms with Crippen LogP contribution >= 0.6 is 7.82 Å². The van der Waals surface area contributed by atoms with Crippen molar-refractivity contribution in [2.45, 2.75) is 366 Å². The minimum Gasteiger partial charge on any atom is -0.756 e. The molecule has 0 aromatic heterocycles. The van der Waals surface area contributed by atoms with Crippen molar-refractivity contribution in [3.05, 3.63) is 122 Å². The highest BCUT2D eigenvalue weighted by molar-refractivity contribution is 7.45. The smallest absolute Gasteiger partial charge is 0.268 e. The third kappa shape index (κ3) is 76.1. The first-order valence-electron chi connectivity index (χ1n) is 39.4. The second-order valence-corrected chi connectivity index (χ2v) is 29.1. The number of hydrogen-bond acceptors (Lipinski definition) is 6. The van der Waals surface area contributed by atoms with E-state index in [1.807, 2.05) is 27.2 Å². The molecule has 3 atom stereocenters. The quantitative estimate of drug-likeness (QED) is 0.0272. The van der Waals surface area contributed by atoms with E-state index in [-0.39, 0.29) is 12.5 Å². The molecule has 0 fully saturated rings. The lowest BCUT2D eigenvalue weighted by Crippen LogP contribution is -2.45. The summed E-state index contributed by atoms with van der Waals surface area (Å²) in [5, 5.41) is 14.0. The fourth-order valence-corrected chi connectivity index (χ4v) is 12.1. The number of rotatable bonds is 72. The van der Waals surface area contributed by atoms with Crippen LogP contribution in [-0.4, -0.2) is 68.5 Å². The summed E-state index contributed by atoms with van der Waals surface area (Å²) in [6.07, 6.45) is 109. The molecule has 1 amide bonds. The van der Waals surface area contributed by atoms with Gasteiger partial charge in [0.2, 0.25) is 5.91 Å². The van der Waals surface area contributed by atoms with Gasteiger partial charge in [-0.2, -0.15) is 0 Å². The van der Waals surface area contributed by atoms with Crippen LogP contribution < -0.4 is 10.2 Å². The number of hydrogen-bond donors (Lipinski definition) is 2. The van der Waals surface area contributed by atoms with Gasteiger partial charge in [0.05, 0.1) is 39.9 Å². The molecule has 0 radical (unpaired) electrons. The van der Waals surface area contributed by atoms with Crippen LogP contribution in [0.3, 0.4) is 0 Å². The van der Waals surface area contributed by atoms with E-state index in [9.17, 15) is 19.4 Å². The van der Waals surface area contributed by atoms with Gasteiger partial charge in [0.15, 0.2) is 0 Å². The van der Waals surface area contributed by atoms with Crippen molar-refractivity contribution >= 4 is 13.7 Å². The van der Waals surface area contributed by atoms with Crippen LogP contribution in [0.4, 0.5) is 0 Å². The molecule has 0 aliphatic rings. The fraction of sp³-hybridized carbons (Fsp3) is 0.750. The molecular weight excluding hydrogens is 1160 g/mol. The number of aliphatic hydroxyl groups excluding tert-OH is 1. The van der Waals surface area contributed by atoms with Crippen molar-refractivity contribution in [1.29, 1.82) is 0 Å². The standard InChI is InChI=1S/C84H151N2O6P/c1-6-8-10-12-14-16-18-20-22-24-26-28-30-32-34-36-38-40-41-42-43-44-45-46-48-50-52-54-56-58-60-62-64-66-68-70-72-74-76-78-84(88)85-82(81-92-93(89,90)91-80-79-86(3,4)5)83(87)77-75-73-71-69-67-65-63-61-59-57-55-53-51-49-47-39-37-35-33-31-29-27-25-23-21-19-17-15-13-11-9-7-2/h8,10,14,16,20,22,26,28,32,34,38,40,42-43,59,61,67,69,75,77,82-83,87H,6-7,9,11-13,15,17-19,21,23-25,27,29-31,33,35-37,39,41,44-58,60,62-66,68,70-74,76,78-81H2,1-5H3,(H-,85,88,89,90)/b10-8-,16-14-,22-20-,28-26-,34-32-,40-38-,43-42-,61-59+,69-67+,77-75+. The number of phosphoric acid groups is 1. The van der Waals surface area contributed by atoms with Crippen LogP contribution in [-0.2, 0) is 18.4 Å². The molecule has 2 N–H and O–H groups in total. The van der Waals surface area contributed by atoms with Gasteiger partial charge >= 0.3 is 0 Å². The molecule has 0 aliphatic carbocycles. The highest BCUT2D eigenvalue weighted by Gasteiger charge is 2.23. The van der Waals surface area contributed by atoms with Crippen molar-refractivity contribution in [1.82, 2.24) is 5.32 Å². The van der Waals surface area contributed by atoms with Crippen LogP contribution in [0.25, 0.3) is 0 Å². The van der Waals surface area contributed by atoms with Gasteiger partial charge in [0, 0.05) is 6.42 Å². The lowest BCUT2D eigenvalue weighted by Gasteiger charge is -2.29. The molecule has 3 unspecified atom stereocenters. The normalized spacial score (nSPS) is 14.2. The first-order valence-corrected chi connectivity index (χ1v) is 40.9. The average molecular weight is 1320 g/mol. The number of aliphatic hydroxyl groups is 1. The molecule has 0 aliphatic heterocycles. The molecule has 0 bridgehead atoms. The molecular formula is C84H151N2O6P. The maximum absolute atomic E-state index is 13.1. The monoisotopic (exact) mass is 1320 g/mol. The van der Waals surface area contributed by atoms with Crippen LogP contribution in [0.5, 0.6) is 0 Å². The Labute approximate surface area is 577 Å². The minimum atomic E-state index is -4.63. The molecule has 538 valence electrons. The SMILES string of the molecule is CC/C=C\C/C=C\C/C=C\C/C=C\C/C=C\C/C=C\C/C=C\CCCCCCCCCCCCCCCCCCCC(=O)NC(COP(=O)([O-])OCC[N+](C)(C)C)C(O)/C=C/CC/C=C/CC/C=C/CCCCCCCCCCCCCCCCCCCCCCCC. The van der Waals surface area contributed by atoms with Gasteiger partial charge in [-0.05, 0) is 103 Å². The van der Waals surface area contributed by atoms with E-state index in [0.717, 1.165) is 89.9 Å². The van der Waals surface area contributed by atoms with E-state index in [4.69, 9.17) is 9.05 Å². The summed E-state index contributed by atoms with van der Waals surface area (Å²) in [6.45, 7) is 4.54. The van der Waals surface area contributed by atoms with Crippen LogP contribution in [0.1, 0.15) is 354 Å². The predicted octanol–water partition coefficient (Wildman–Crippen LogP) is 25.3. The van der Waals surface area contributed by atoms with E-state index in [2.05, 4.69) is 129 Å². The number of allylic oxidation sites excluding steroid dienone is 19. The highest BCUT2D eigenvalue weighted by atomic mass is 31.2. The molecule has 8 nitrogen and oxygen atoms in total. The topological polar surface area (TPSA) is 108 Å². The summed E-state index contributed by atoms with van der Waals surface area (Å²) in [6, 6.07) is -0.918. The molecule has 0 aromatic rings. The number of carbonyl (C=O) groups is 1. The fourth-order valence-electron chi connectivity index (χ4n) is 11.3. The molecule has 0 saturated carbocycles. The third-order valence-electron chi connectivity index (χ3n) is 17.4. The number of phosphoric ester groups is 1. The number of likely N-dealkylation sites (N-methyl/N-ethyl adjacent to an activating group) is 1. The first-order chi connectivity index (χ1) is 45.5. The number of unbranched alkanes of at least 4 members (excludes halogenated alkanes) is 41. The Bertz CT molecular complexity index is 1940. The number of carbonyl (C=O) groups excluding carboxylic acids is 1. The van der Waals surface area contributed by atoms with Crippen LogP contribution in [0, 0.1) is 0 Å². The number of nitrogens with one attached hydrogen (secondary N) is 1. The second kappa shape index (κ2) is 73.2. The van der Waals surface area contributed by atoms with Gasteiger partial charge < -0.3 is 28.8 Å². The minimum absolute atomic E-state index is 0.0123. The summed E-state index contributed by atoms with van der Waals surface area (Å²) in [7, 11) is 1.24. The van der Waals surface area contributed by atoms with Crippen molar-refractivity contribution in [3.63, 3.8) is 0 Å². The van der Waals surface area contributed by atoms with E-state index in [0.29, 0.717) is 17.4 Å². The molecule has 0 heterocycles. The maximum atomic E-state index is 13.1. The Kier molecular flexibility index (Phi) is 70.7. The van der Waals surface area contributed by atoms with E-state index < -0.39 is 26.6 Å². The molecule has 0 rings (SSSR count). The molecule has 0 aromatic carbocycles. The van der Waals surface area contributed by atoms with Gasteiger partial charge in [-0.1, -0.05) is 367 Å². The Morgan fingerprint density at radius 2 is 0.667 bits per heavy atom. The Morgan fingerprint density at radius 3 is 1.00 bits per heavy atom. The summed E-state index contributed by atoms with van der Waals surface area (Å²) in [5.74, 6) is -0.210. The van der Waals surface area contributed by atoms with Gasteiger partial charge in [-0.25, -0.2) is 0 Å². The summed E-state index contributed by atoms with van der Waals surface area (Å²) in [4.78, 5) is 25.7. The third-order valence-corrected chi connectivity index (χ3v) is 18.3. The summed E-state index contributed by atoms with van der Waals surface area (Å²) < 4.78 is 23.5. The molecule has 9 heteroatoms. The zero-order chi connectivity index (χ0) is 67.6.